The zero-order valence-corrected chi connectivity index (χ0v) is 6.68. The van der Waals surface area contributed by atoms with Gasteiger partial charge in [0.2, 0.25) is 0 Å². The standard InChI is InChI=1S/C9H16O/c1-2-3-4-5-6-7-8-9-10/h7-9H,2-6H2,1H3/b8-7-. The van der Waals surface area contributed by atoms with Crippen LogP contribution in [0.25, 0.3) is 0 Å². The molecule has 0 radical (unpaired) electrons. The molecule has 0 unspecified atom stereocenters. The number of allylic oxidation sites excluding steroid dienone is 2. The molecule has 10 heavy (non-hydrogen) atoms. The first-order chi connectivity index (χ1) is 4.91. The number of hydrogen-bond acceptors (Lipinski definition) is 1. The smallest absolute Gasteiger partial charge is 0.142 e. The van der Waals surface area contributed by atoms with Crippen LogP contribution in [0.1, 0.15) is 39.0 Å². The van der Waals surface area contributed by atoms with Gasteiger partial charge in [0.1, 0.15) is 6.29 Å². The number of aldehydes is 1. The Morgan fingerprint density at radius 3 is 2.60 bits per heavy atom. The van der Waals surface area contributed by atoms with Crippen molar-refractivity contribution in [3.05, 3.63) is 12.2 Å². The summed E-state index contributed by atoms with van der Waals surface area (Å²) in [4.78, 5) is 9.81. The van der Waals surface area contributed by atoms with Crippen LogP contribution >= 0.6 is 0 Å². The van der Waals surface area contributed by atoms with Crippen LogP contribution in [-0.4, -0.2) is 6.29 Å². The van der Waals surface area contributed by atoms with E-state index >= 15 is 0 Å². The third-order valence-electron chi connectivity index (χ3n) is 1.44. The first kappa shape index (κ1) is 9.41. The summed E-state index contributed by atoms with van der Waals surface area (Å²) >= 11 is 0. The summed E-state index contributed by atoms with van der Waals surface area (Å²) in [5.41, 5.74) is 0. The van der Waals surface area contributed by atoms with E-state index in [2.05, 4.69) is 6.92 Å². The number of unbranched alkanes of at least 4 members (excludes halogenated alkanes) is 4. The summed E-state index contributed by atoms with van der Waals surface area (Å²) in [5, 5.41) is 0. The minimum absolute atomic E-state index is 0.833. The van der Waals surface area contributed by atoms with Crippen molar-refractivity contribution >= 4 is 6.29 Å². The van der Waals surface area contributed by atoms with Crippen molar-refractivity contribution in [3.8, 4) is 0 Å². The van der Waals surface area contributed by atoms with Gasteiger partial charge < -0.3 is 0 Å². The second kappa shape index (κ2) is 8.41. The van der Waals surface area contributed by atoms with E-state index in [9.17, 15) is 4.79 Å². The Balaban J connectivity index is 2.90. The molecule has 0 aliphatic rings. The number of rotatable bonds is 6. The van der Waals surface area contributed by atoms with Gasteiger partial charge in [-0.1, -0.05) is 32.3 Å². The molecule has 0 saturated heterocycles. The molecule has 0 aliphatic carbocycles. The molecule has 0 aromatic heterocycles. The van der Waals surface area contributed by atoms with Gasteiger partial charge in [-0.3, -0.25) is 4.79 Å². The summed E-state index contributed by atoms with van der Waals surface area (Å²) in [6.07, 6.45) is 10.5. The van der Waals surface area contributed by atoms with Gasteiger partial charge in [0.15, 0.2) is 0 Å². The van der Waals surface area contributed by atoms with Gasteiger partial charge in [-0.05, 0) is 18.9 Å². The van der Waals surface area contributed by atoms with Crippen molar-refractivity contribution < 1.29 is 4.79 Å². The normalized spacial score (nSPS) is 10.5. The van der Waals surface area contributed by atoms with Crippen LogP contribution in [0.3, 0.4) is 0 Å². The lowest BCUT2D eigenvalue weighted by Gasteiger charge is -1.92. The van der Waals surface area contributed by atoms with Gasteiger partial charge in [0, 0.05) is 0 Å². The molecule has 0 amide bonds. The Bertz CT molecular complexity index is 94.9. The van der Waals surface area contributed by atoms with Gasteiger partial charge in [-0.15, -0.1) is 0 Å². The van der Waals surface area contributed by atoms with Crippen molar-refractivity contribution in [2.24, 2.45) is 0 Å². The monoisotopic (exact) mass is 140 g/mol. The molecule has 1 nitrogen and oxygen atoms in total. The summed E-state index contributed by atoms with van der Waals surface area (Å²) in [7, 11) is 0. The van der Waals surface area contributed by atoms with Crippen molar-refractivity contribution in [2.45, 2.75) is 39.0 Å². The maximum Gasteiger partial charge on any atom is 0.142 e. The van der Waals surface area contributed by atoms with E-state index in [1.54, 1.807) is 6.08 Å². The largest absolute Gasteiger partial charge is 0.299 e. The van der Waals surface area contributed by atoms with Gasteiger partial charge in [-0.25, -0.2) is 0 Å². The van der Waals surface area contributed by atoms with E-state index in [-0.39, 0.29) is 0 Å². The average Bonchev–Trinajstić information content (AvgIpc) is 1.97. The Hall–Kier alpha value is -0.590. The Morgan fingerprint density at radius 2 is 2.00 bits per heavy atom. The molecule has 0 heterocycles. The summed E-state index contributed by atoms with van der Waals surface area (Å²) in [6, 6.07) is 0. The second-order valence-corrected chi connectivity index (χ2v) is 2.41. The lowest BCUT2D eigenvalue weighted by molar-refractivity contribution is -0.104. The van der Waals surface area contributed by atoms with E-state index < -0.39 is 0 Å². The molecular weight excluding hydrogens is 124 g/mol. The number of carbonyl (C=O) groups is 1. The van der Waals surface area contributed by atoms with Crippen LogP contribution in [0.15, 0.2) is 12.2 Å². The Kier molecular flexibility index (Phi) is 7.91. The predicted molar refractivity (Wildman–Crippen MR) is 44.0 cm³/mol. The molecule has 1 heteroatoms. The van der Waals surface area contributed by atoms with Crippen LogP contribution in [0.2, 0.25) is 0 Å². The van der Waals surface area contributed by atoms with E-state index in [0.717, 1.165) is 12.7 Å². The van der Waals surface area contributed by atoms with Crippen molar-refractivity contribution in [3.63, 3.8) is 0 Å². The molecule has 0 spiro atoms. The quantitative estimate of drug-likeness (QED) is 0.315. The zero-order valence-electron chi connectivity index (χ0n) is 6.68. The average molecular weight is 140 g/mol. The number of carbonyl (C=O) groups excluding carboxylic acids is 1. The SMILES string of the molecule is CCCCCC/C=C\C=O. The minimum Gasteiger partial charge on any atom is -0.299 e. The Labute approximate surface area is 63.1 Å². The van der Waals surface area contributed by atoms with Crippen LogP contribution in [0.4, 0.5) is 0 Å². The highest BCUT2D eigenvalue weighted by Crippen LogP contribution is 2.02. The zero-order chi connectivity index (χ0) is 7.66. The first-order valence-electron chi connectivity index (χ1n) is 4.02. The highest BCUT2D eigenvalue weighted by atomic mass is 16.1. The van der Waals surface area contributed by atoms with Crippen molar-refractivity contribution in [2.75, 3.05) is 0 Å². The summed E-state index contributed by atoms with van der Waals surface area (Å²) in [5.74, 6) is 0. The third kappa shape index (κ3) is 7.41. The first-order valence-corrected chi connectivity index (χ1v) is 4.02. The number of hydrogen-bond donors (Lipinski definition) is 0. The molecular formula is C9H16O. The van der Waals surface area contributed by atoms with E-state index in [0.29, 0.717) is 0 Å². The fourth-order valence-electron chi connectivity index (χ4n) is 0.841. The topological polar surface area (TPSA) is 17.1 Å². The maximum atomic E-state index is 9.81. The minimum atomic E-state index is 0.833. The molecule has 0 aromatic carbocycles. The fraction of sp³-hybridized carbons (Fsp3) is 0.667. The lowest BCUT2D eigenvalue weighted by Crippen LogP contribution is -1.73. The fourth-order valence-corrected chi connectivity index (χ4v) is 0.841. The van der Waals surface area contributed by atoms with Gasteiger partial charge >= 0.3 is 0 Å². The highest BCUT2D eigenvalue weighted by molar-refractivity contribution is 5.64. The molecule has 0 aliphatic heterocycles. The molecule has 0 N–H and O–H groups in total. The van der Waals surface area contributed by atoms with Crippen LogP contribution in [-0.2, 0) is 4.79 Å². The van der Waals surface area contributed by atoms with Crippen LogP contribution in [0, 0.1) is 0 Å². The molecule has 0 aromatic rings. The molecule has 0 bridgehead atoms. The highest BCUT2D eigenvalue weighted by Gasteiger charge is 1.82. The van der Waals surface area contributed by atoms with E-state index in [4.69, 9.17) is 0 Å². The van der Waals surface area contributed by atoms with Gasteiger partial charge in [0.25, 0.3) is 0 Å². The lowest BCUT2D eigenvalue weighted by atomic mass is 10.1. The van der Waals surface area contributed by atoms with E-state index in [1.165, 1.54) is 25.7 Å². The molecule has 0 saturated carbocycles. The Morgan fingerprint density at radius 1 is 1.20 bits per heavy atom. The summed E-state index contributed by atoms with van der Waals surface area (Å²) in [6.45, 7) is 2.20. The van der Waals surface area contributed by atoms with Crippen molar-refractivity contribution in [1.29, 1.82) is 0 Å². The van der Waals surface area contributed by atoms with Gasteiger partial charge in [-0.2, -0.15) is 0 Å². The van der Waals surface area contributed by atoms with Crippen LogP contribution < -0.4 is 0 Å². The van der Waals surface area contributed by atoms with Crippen LogP contribution in [0.5, 0.6) is 0 Å². The second-order valence-electron chi connectivity index (χ2n) is 2.41. The summed E-state index contributed by atoms with van der Waals surface area (Å²) < 4.78 is 0. The maximum absolute atomic E-state index is 9.81. The molecule has 0 fully saturated rings. The molecule has 0 rings (SSSR count). The predicted octanol–water partition coefficient (Wildman–Crippen LogP) is 2.71. The molecule has 0 atom stereocenters. The van der Waals surface area contributed by atoms with Crippen molar-refractivity contribution in [1.82, 2.24) is 0 Å². The molecule has 58 valence electrons. The van der Waals surface area contributed by atoms with Gasteiger partial charge in [0.05, 0.1) is 0 Å². The van der Waals surface area contributed by atoms with E-state index in [1.807, 2.05) is 6.08 Å². The third-order valence-corrected chi connectivity index (χ3v) is 1.44.